The van der Waals surface area contributed by atoms with E-state index < -0.39 is 0 Å². The lowest BCUT2D eigenvalue weighted by Crippen LogP contribution is -1.96. The second kappa shape index (κ2) is 9.37. The molecule has 0 unspecified atom stereocenters. The SMILES string of the molecule is c1ccc(-c2nc3ccccc3c3cc4c5ccccc5n(-c5cccc(-c6ccc7ccccc7n6)c5)c4cc23)cc1. The molecule has 0 atom stereocenters. The Morgan fingerprint density at radius 2 is 1.14 bits per heavy atom. The van der Waals surface area contributed by atoms with E-state index >= 15 is 0 Å². The van der Waals surface area contributed by atoms with Gasteiger partial charge in [0, 0.05) is 43.7 Å². The van der Waals surface area contributed by atoms with Gasteiger partial charge in [-0.15, -0.1) is 0 Å². The molecule has 200 valence electrons. The van der Waals surface area contributed by atoms with Crippen LogP contribution in [-0.4, -0.2) is 14.5 Å². The normalized spacial score (nSPS) is 11.7. The number of fused-ring (bicyclic) bond motifs is 7. The van der Waals surface area contributed by atoms with Crippen LogP contribution in [0.3, 0.4) is 0 Å². The van der Waals surface area contributed by atoms with Gasteiger partial charge in [0.15, 0.2) is 0 Å². The summed E-state index contributed by atoms with van der Waals surface area (Å²) in [6.45, 7) is 0. The Labute approximate surface area is 248 Å². The van der Waals surface area contributed by atoms with Crippen molar-refractivity contribution in [3.05, 3.63) is 152 Å². The molecule has 0 radical (unpaired) electrons. The molecular weight excluding hydrogens is 522 g/mol. The number of aromatic nitrogens is 3. The molecule has 3 heteroatoms. The van der Waals surface area contributed by atoms with Gasteiger partial charge in [-0.2, -0.15) is 0 Å². The van der Waals surface area contributed by atoms with E-state index in [1.807, 2.05) is 6.07 Å². The molecule has 0 aliphatic rings. The molecule has 6 aromatic carbocycles. The fraction of sp³-hybridized carbons (Fsp3) is 0. The van der Waals surface area contributed by atoms with Crippen molar-refractivity contribution in [3.8, 4) is 28.2 Å². The predicted molar refractivity (Wildman–Crippen MR) is 180 cm³/mol. The minimum absolute atomic E-state index is 0.966. The fourth-order valence-corrected chi connectivity index (χ4v) is 6.54. The first-order valence-corrected chi connectivity index (χ1v) is 14.6. The second-order valence-electron chi connectivity index (χ2n) is 11.1. The molecule has 9 rings (SSSR count). The number of pyridine rings is 2. The Bertz CT molecular complexity index is 2510. The maximum absolute atomic E-state index is 5.20. The van der Waals surface area contributed by atoms with E-state index in [9.17, 15) is 0 Å². The van der Waals surface area contributed by atoms with Crippen molar-refractivity contribution in [2.24, 2.45) is 0 Å². The molecule has 0 spiro atoms. The van der Waals surface area contributed by atoms with E-state index in [2.05, 4.69) is 150 Å². The van der Waals surface area contributed by atoms with E-state index in [4.69, 9.17) is 9.97 Å². The van der Waals surface area contributed by atoms with Crippen LogP contribution in [0.5, 0.6) is 0 Å². The monoisotopic (exact) mass is 547 g/mol. The average Bonchev–Trinajstić information content (AvgIpc) is 3.40. The molecule has 0 N–H and O–H groups in total. The lowest BCUT2D eigenvalue weighted by molar-refractivity contribution is 1.18. The first-order valence-electron chi connectivity index (χ1n) is 14.6. The summed E-state index contributed by atoms with van der Waals surface area (Å²) in [5, 5.41) is 7.14. The Morgan fingerprint density at radius 3 is 2.05 bits per heavy atom. The number of para-hydroxylation sites is 3. The van der Waals surface area contributed by atoms with Crippen LogP contribution in [-0.2, 0) is 0 Å². The zero-order chi connectivity index (χ0) is 28.3. The van der Waals surface area contributed by atoms with Crippen LogP contribution >= 0.6 is 0 Å². The minimum atomic E-state index is 0.966. The molecule has 0 fully saturated rings. The molecule has 0 aliphatic carbocycles. The Kier molecular flexibility index (Phi) is 5.20. The topological polar surface area (TPSA) is 30.7 Å². The van der Waals surface area contributed by atoms with E-state index in [-0.39, 0.29) is 0 Å². The molecule has 0 aliphatic heterocycles. The Hall–Kier alpha value is -5.80. The highest BCUT2D eigenvalue weighted by molar-refractivity contribution is 6.20. The molecule has 43 heavy (non-hydrogen) atoms. The summed E-state index contributed by atoms with van der Waals surface area (Å²) < 4.78 is 2.39. The van der Waals surface area contributed by atoms with Crippen LogP contribution in [0.4, 0.5) is 0 Å². The molecule has 0 saturated heterocycles. The first kappa shape index (κ1) is 23.9. The van der Waals surface area contributed by atoms with Crippen molar-refractivity contribution in [2.45, 2.75) is 0 Å². The summed E-state index contributed by atoms with van der Waals surface area (Å²) in [4.78, 5) is 10.2. The maximum Gasteiger partial charge on any atom is 0.0788 e. The second-order valence-corrected chi connectivity index (χ2v) is 11.1. The van der Waals surface area contributed by atoms with Gasteiger partial charge in [0.1, 0.15) is 0 Å². The smallest absolute Gasteiger partial charge is 0.0788 e. The molecule has 0 bridgehead atoms. The molecule has 9 aromatic rings. The van der Waals surface area contributed by atoms with Crippen LogP contribution in [0.15, 0.2) is 152 Å². The predicted octanol–water partition coefficient (Wildman–Crippen LogP) is 10.4. The Balaban J connectivity index is 1.35. The summed E-state index contributed by atoms with van der Waals surface area (Å²) in [7, 11) is 0. The molecular formula is C40H25N3. The van der Waals surface area contributed by atoms with Crippen molar-refractivity contribution >= 4 is 54.4 Å². The lowest BCUT2D eigenvalue weighted by atomic mass is 9.98. The van der Waals surface area contributed by atoms with Gasteiger partial charge in [-0.25, -0.2) is 9.97 Å². The van der Waals surface area contributed by atoms with Crippen LogP contribution in [0, 0.1) is 0 Å². The summed E-state index contributed by atoms with van der Waals surface area (Å²) in [5.74, 6) is 0. The van der Waals surface area contributed by atoms with Crippen molar-refractivity contribution in [3.63, 3.8) is 0 Å². The third kappa shape index (κ3) is 3.75. The number of benzene rings is 6. The average molecular weight is 548 g/mol. The molecule has 3 heterocycles. The summed E-state index contributed by atoms with van der Waals surface area (Å²) >= 11 is 0. The molecule has 3 nitrogen and oxygen atoms in total. The minimum Gasteiger partial charge on any atom is -0.309 e. The van der Waals surface area contributed by atoms with Crippen molar-refractivity contribution in [2.75, 3.05) is 0 Å². The van der Waals surface area contributed by atoms with Gasteiger partial charge >= 0.3 is 0 Å². The molecule has 0 amide bonds. The number of hydrogen-bond donors (Lipinski definition) is 0. The van der Waals surface area contributed by atoms with E-state index in [0.29, 0.717) is 0 Å². The van der Waals surface area contributed by atoms with Gasteiger partial charge in [0.05, 0.1) is 33.5 Å². The third-order valence-electron chi connectivity index (χ3n) is 8.54. The summed E-state index contributed by atoms with van der Waals surface area (Å²) in [6, 6.07) is 53.7. The van der Waals surface area contributed by atoms with E-state index in [0.717, 1.165) is 55.5 Å². The van der Waals surface area contributed by atoms with Gasteiger partial charge in [0.2, 0.25) is 0 Å². The number of nitrogens with zero attached hydrogens (tertiary/aromatic N) is 3. The van der Waals surface area contributed by atoms with Crippen LogP contribution < -0.4 is 0 Å². The maximum atomic E-state index is 5.20. The first-order chi connectivity index (χ1) is 21.3. The quantitative estimate of drug-likeness (QED) is 0.206. The van der Waals surface area contributed by atoms with Crippen molar-refractivity contribution in [1.82, 2.24) is 14.5 Å². The molecule has 0 saturated carbocycles. The largest absolute Gasteiger partial charge is 0.309 e. The zero-order valence-electron chi connectivity index (χ0n) is 23.3. The summed E-state index contributed by atoms with van der Waals surface area (Å²) in [6.07, 6.45) is 0. The molecule has 3 aromatic heterocycles. The van der Waals surface area contributed by atoms with Crippen LogP contribution in [0.25, 0.3) is 82.6 Å². The van der Waals surface area contributed by atoms with Gasteiger partial charge in [-0.1, -0.05) is 103 Å². The Morgan fingerprint density at radius 1 is 0.395 bits per heavy atom. The number of rotatable bonds is 3. The van der Waals surface area contributed by atoms with Crippen molar-refractivity contribution in [1.29, 1.82) is 0 Å². The highest BCUT2D eigenvalue weighted by Gasteiger charge is 2.17. The lowest BCUT2D eigenvalue weighted by Gasteiger charge is -2.13. The highest BCUT2D eigenvalue weighted by atomic mass is 15.0. The third-order valence-corrected chi connectivity index (χ3v) is 8.54. The van der Waals surface area contributed by atoms with Crippen LogP contribution in [0.2, 0.25) is 0 Å². The van der Waals surface area contributed by atoms with E-state index in [1.165, 1.54) is 27.1 Å². The fourth-order valence-electron chi connectivity index (χ4n) is 6.54. The summed E-state index contributed by atoms with van der Waals surface area (Å²) in [5.41, 5.74) is 9.62. The highest BCUT2D eigenvalue weighted by Crippen LogP contribution is 2.40. The van der Waals surface area contributed by atoms with Crippen LogP contribution in [0.1, 0.15) is 0 Å². The van der Waals surface area contributed by atoms with Gasteiger partial charge in [-0.05, 0) is 53.9 Å². The van der Waals surface area contributed by atoms with Gasteiger partial charge in [-0.3, -0.25) is 0 Å². The number of hydrogen-bond acceptors (Lipinski definition) is 2. The van der Waals surface area contributed by atoms with E-state index in [1.54, 1.807) is 0 Å². The zero-order valence-corrected chi connectivity index (χ0v) is 23.3. The van der Waals surface area contributed by atoms with Gasteiger partial charge < -0.3 is 4.57 Å². The standard InChI is InChI=1S/C40H25N3/c1-2-12-27(13-3-1)40-34-25-39-33(24-32(34)30-16-5-8-19-37(30)42-40)31-17-6-9-20-38(31)43(39)29-15-10-14-28(23-29)36-22-21-26-11-4-7-18-35(26)41-36/h1-25H. The van der Waals surface area contributed by atoms with Gasteiger partial charge in [0.25, 0.3) is 0 Å². The van der Waals surface area contributed by atoms with Crippen molar-refractivity contribution < 1.29 is 0 Å².